The van der Waals surface area contributed by atoms with Crippen molar-refractivity contribution < 1.29 is 14.3 Å². The molecule has 1 aromatic rings. The van der Waals surface area contributed by atoms with Crippen LogP contribution in [0.1, 0.15) is 5.56 Å². The average Bonchev–Trinajstić information content (AvgIpc) is 2.42. The molecule has 0 radical (unpaired) electrons. The number of rotatable bonds is 3. The zero-order chi connectivity index (χ0) is 13.8. The number of benzene rings is 1. The molecule has 1 aliphatic heterocycles. The molecule has 2 rings (SSSR count). The minimum absolute atomic E-state index is 0.0142. The zero-order valence-electron chi connectivity index (χ0n) is 11.3. The Morgan fingerprint density at radius 1 is 1.32 bits per heavy atom. The molecule has 0 unspecified atom stereocenters. The smallest absolute Gasteiger partial charge is 0.241 e. The summed E-state index contributed by atoms with van der Waals surface area (Å²) in [5.41, 5.74) is 0.848. The number of likely N-dealkylation sites (N-methyl/N-ethyl adjacent to an activating group) is 1. The lowest BCUT2D eigenvalue weighted by atomic mass is 10.1. The van der Waals surface area contributed by atoms with Crippen molar-refractivity contribution in [3.05, 3.63) is 29.8 Å². The second-order valence-electron chi connectivity index (χ2n) is 4.62. The third-order valence-corrected chi connectivity index (χ3v) is 3.34. The van der Waals surface area contributed by atoms with E-state index < -0.39 is 0 Å². The summed E-state index contributed by atoms with van der Waals surface area (Å²) in [4.78, 5) is 27.0. The lowest BCUT2D eigenvalue weighted by Crippen LogP contribution is -2.51. The molecule has 0 aromatic heterocycles. The van der Waals surface area contributed by atoms with Gasteiger partial charge in [-0.3, -0.25) is 9.59 Å². The van der Waals surface area contributed by atoms with Crippen molar-refractivity contribution in [2.45, 2.75) is 6.42 Å². The number of hydrogen-bond donors (Lipinski definition) is 0. The quantitative estimate of drug-likeness (QED) is 0.799. The third kappa shape index (κ3) is 3.05. The fourth-order valence-corrected chi connectivity index (χ4v) is 2.10. The second-order valence-corrected chi connectivity index (χ2v) is 4.62. The van der Waals surface area contributed by atoms with Crippen LogP contribution in [0.4, 0.5) is 0 Å². The van der Waals surface area contributed by atoms with E-state index in [1.54, 1.807) is 24.0 Å². The van der Waals surface area contributed by atoms with E-state index in [2.05, 4.69) is 0 Å². The maximum absolute atomic E-state index is 12.2. The van der Waals surface area contributed by atoms with E-state index in [4.69, 9.17) is 4.74 Å². The molecule has 1 fully saturated rings. The maximum atomic E-state index is 12.2. The molecular formula is C14H18N2O3. The normalized spacial score (nSPS) is 15.6. The van der Waals surface area contributed by atoms with Gasteiger partial charge in [0.15, 0.2) is 0 Å². The van der Waals surface area contributed by atoms with Gasteiger partial charge in [0.1, 0.15) is 5.75 Å². The Balaban J connectivity index is 2.03. The molecule has 0 saturated carbocycles. The molecule has 1 aromatic carbocycles. The summed E-state index contributed by atoms with van der Waals surface area (Å²) >= 11 is 0. The van der Waals surface area contributed by atoms with Gasteiger partial charge in [0, 0.05) is 25.7 Å². The molecule has 1 heterocycles. The van der Waals surface area contributed by atoms with Crippen LogP contribution in [0.15, 0.2) is 24.3 Å². The van der Waals surface area contributed by atoms with E-state index in [1.807, 2.05) is 24.3 Å². The lowest BCUT2D eigenvalue weighted by Gasteiger charge is -2.32. The van der Waals surface area contributed by atoms with Crippen molar-refractivity contribution >= 4 is 11.8 Å². The molecule has 0 atom stereocenters. The molecule has 0 aliphatic carbocycles. The summed E-state index contributed by atoms with van der Waals surface area (Å²) in [5, 5.41) is 0. The molecule has 0 N–H and O–H groups in total. The molecule has 5 heteroatoms. The Kier molecular flexibility index (Phi) is 4.04. The zero-order valence-corrected chi connectivity index (χ0v) is 11.3. The Morgan fingerprint density at radius 2 is 2.05 bits per heavy atom. The van der Waals surface area contributed by atoms with Crippen LogP contribution >= 0.6 is 0 Å². The summed E-state index contributed by atoms with van der Waals surface area (Å²) in [5.74, 6) is 0.655. The van der Waals surface area contributed by atoms with Crippen molar-refractivity contribution in [2.24, 2.45) is 0 Å². The largest absolute Gasteiger partial charge is 0.496 e. The van der Waals surface area contributed by atoms with Gasteiger partial charge in [-0.25, -0.2) is 0 Å². The van der Waals surface area contributed by atoms with E-state index in [1.165, 1.54) is 0 Å². The molecule has 0 spiro atoms. The highest BCUT2D eigenvalue weighted by Gasteiger charge is 2.25. The second kappa shape index (κ2) is 5.73. The number of carbonyl (C=O) groups excluding carboxylic acids is 2. The summed E-state index contributed by atoms with van der Waals surface area (Å²) < 4.78 is 5.23. The van der Waals surface area contributed by atoms with Crippen LogP contribution in [0, 0.1) is 0 Å². The molecule has 5 nitrogen and oxygen atoms in total. The molecule has 2 amide bonds. The van der Waals surface area contributed by atoms with E-state index >= 15 is 0 Å². The van der Waals surface area contributed by atoms with Crippen molar-refractivity contribution in [3.8, 4) is 5.75 Å². The Hall–Kier alpha value is -2.04. The van der Waals surface area contributed by atoms with Gasteiger partial charge < -0.3 is 14.5 Å². The Bertz CT molecular complexity index is 487. The first-order valence-corrected chi connectivity index (χ1v) is 6.25. The summed E-state index contributed by atoms with van der Waals surface area (Å²) in [6, 6.07) is 7.44. The van der Waals surface area contributed by atoms with Crippen LogP contribution in [0.3, 0.4) is 0 Å². The summed E-state index contributed by atoms with van der Waals surface area (Å²) in [6.07, 6.45) is 0.265. The molecule has 1 saturated heterocycles. The van der Waals surface area contributed by atoms with Crippen molar-refractivity contribution in [2.75, 3.05) is 33.8 Å². The van der Waals surface area contributed by atoms with E-state index in [9.17, 15) is 9.59 Å². The fraction of sp³-hybridized carbons (Fsp3) is 0.429. The topological polar surface area (TPSA) is 49.9 Å². The average molecular weight is 262 g/mol. The number of hydrogen-bond acceptors (Lipinski definition) is 3. The fourth-order valence-electron chi connectivity index (χ4n) is 2.10. The highest BCUT2D eigenvalue weighted by molar-refractivity contribution is 5.87. The van der Waals surface area contributed by atoms with E-state index in [0.717, 1.165) is 5.56 Å². The van der Waals surface area contributed by atoms with Crippen LogP contribution < -0.4 is 4.74 Å². The van der Waals surface area contributed by atoms with Crippen molar-refractivity contribution in [1.29, 1.82) is 0 Å². The SMILES string of the molecule is COc1ccccc1CC(=O)N1CCN(C)C(=O)C1. The van der Waals surface area contributed by atoms with Crippen LogP contribution in [0.5, 0.6) is 5.75 Å². The van der Waals surface area contributed by atoms with Gasteiger partial charge in [-0.05, 0) is 6.07 Å². The first-order chi connectivity index (χ1) is 9.11. The van der Waals surface area contributed by atoms with E-state index in [0.29, 0.717) is 18.8 Å². The van der Waals surface area contributed by atoms with Crippen LogP contribution in [-0.4, -0.2) is 55.4 Å². The highest BCUT2D eigenvalue weighted by Crippen LogP contribution is 2.18. The van der Waals surface area contributed by atoms with Gasteiger partial charge in [0.25, 0.3) is 0 Å². The maximum Gasteiger partial charge on any atom is 0.241 e. The van der Waals surface area contributed by atoms with Gasteiger partial charge >= 0.3 is 0 Å². The lowest BCUT2D eigenvalue weighted by molar-refractivity contribution is -0.143. The Morgan fingerprint density at radius 3 is 2.74 bits per heavy atom. The first-order valence-electron chi connectivity index (χ1n) is 6.25. The van der Waals surface area contributed by atoms with Gasteiger partial charge in [-0.1, -0.05) is 18.2 Å². The van der Waals surface area contributed by atoms with Crippen LogP contribution in [0.2, 0.25) is 0 Å². The monoisotopic (exact) mass is 262 g/mol. The molecule has 1 aliphatic rings. The highest BCUT2D eigenvalue weighted by atomic mass is 16.5. The Labute approximate surface area is 112 Å². The third-order valence-electron chi connectivity index (χ3n) is 3.34. The summed E-state index contributed by atoms with van der Waals surface area (Å²) in [7, 11) is 3.34. The number of amides is 2. The van der Waals surface area contributed by atoms with Gasteiger partial charge in [-0.15, -0.1) is 0 Å². The number of ether oxygens (including phenoxy) is 1. The predicted molar refractivity (Wildman–Crippen MR) is 70.9 cm³/mol. The van der Waals surface area contributed by atoms with E-state index in [-0.39, 0.29) is 24.8 Å². The number of piperazine rings is 1. The molecule has 102 valence electrons. The summed E-state index contributed by atoms with van der Waals surface area (Å²) in [6.45, 7) is 1.36. The molecule has 19 heavy (non-hydrogen) atoms. The molecular weight excluding hydrogens is 244 g/mol. The van der Waals surface area contributed by atoms with Gasteiger partial charge in [0.2, 0.25) is 11.8 Å². The van der Waals surface area contributed by atoms with Gasteiger partial charge in [0.05, 0.1) is 20.1 Å². The van der Waals surface area contributed by atoms with Gasteiger partial charge in [-0.2, -0.15) is 0 Å². The number of nitrogens with zero attached hydrogens (tertiary/aromatic N) is 2. The first kappa shape index (κ1) is 13.4. The predicted octanol–water partition coefficient (Wildman–Crippen LogP) is 0.538. The standard InChI is InChI=1S/C14H18N2O3/c1-15-7-8-16(10-14(15)18)13(17)9-11-5-3-4-6-12(11)19-2/h3-6H,7-10H2,1-2H3. The number of para-hydroxylation sites is 1. The van der Waals surface area contributed by atoms with Crippen molar-refractivity contribution in [3.63, 3.8) is 0 Å². The molecule has 0 bridgehead atoms. The van der Waals surface area contributed by atoms with Crippen molar-refractivity contribution in [1.82, 2.24) is 9.80 Å². The number of methoxy groups -OCH3 is 1. The minimum Gasteiger partial charge on any atom is -0.496 e. The van der Waals surface area contributed by atoms with Crippen LogP contribution in [0.25, 0.3) is 0 Å². The van der Waals surface area contributed by atoms with Crippen LogP contribution in [-0.2, 0) is 16.0 Å². The number of carbonyl (C=O) groups is 2. The minimum atomic E-state index is -0.0362.